The Morgan fingerprint density at radius 3 is 2.50 bits per heavy atom. The van der Waals surface area contributed by atoms with Crippen molar-refractivity contribution in [3.8, 4) is 5.75 Å². The highest BCUT2D eigenvalue weighted by Crippen LogP contribution is 2.11. The summed E-state index contributed by atoms with van der Waals surface area (Å²) < 4.78 is 0. The third kappa shape index (κ3) is 3.59. The summed E-state index contributed by atoms with van der Waals surface area (Å²) in [4.78, 5) is 12.2. The van der Waals surface area contributed by atoms with Crippen LogP contribution in [-0.2, 0) is 13.0 Å². The van der Waals surface area contributed by atoms with Gasteiger partial charge in [-0.3, -0.25) is 4.79 Å². The molecule has 2 aromatic carbocycles. The maximum absolute atomic E-state index is 12.2. The quantitative estimate of drug-likeness (QED) is 0.775. The van der Waals surface area contributed by atoms with Gasteiger partial charge in [-0.25, -0.2) is 0 Å². The summed E-state index contributed by atoms with van der Waals surface area (Å²) in [7, 11) is 0. The van der Waals surface area contributed by atoms with Gasteiger partial charge >= 0.3 is 0 Å². The van der Waals surface area contributed by atoms with Crippen LogP contribution >= 0.6 is 0 Å². The monoisotopic (exact) mass is 270 g/mol. The molecule has 2 aromatic rings. The van der Waals surface area contributed by atoms with Crippen LogP contribution in [0, 0.1) is 0 Å². The van der Waals surface area contributed by atoms with Gasteiger partial charge in [-0.2, -0.15) is 0 Å². The van der Waals surface area contributed by atoms with Crippen molar-refractivity contribution in [3.63, 3.8) is 0 Å². The fraction of sp³-hybridized carbons (Fsp3) is 0.188. The maximum Gasteiger partial charge on any atom is 0.251 e. The molecule has 0 radical (unpaired) electrons. The van der Waals surface area contributed by atoms with Gasteiger partial charge in [0, 0.05) is 12.1 Å². The number of hydrogen-bond donors (Lipinski definition) is 3. The van der Waals surface area contributed by atoms with E-state index in [2.05, 4.69) is 5.32 Å². The Balaban J connectivity index is 2.03. The summed E-state index contributed by atoms with van der Waals surface area (Å²) >= 11 is 0. The lowest BCUT2D eigenvalue weighted by atomic mass is 10.0. The summed E-state index contributed by atoms with van der Waals surface area (Å²) in [5.74, 6) is 0.107. The lowest BCUT2D eigenvalue weighted by Crippen LogP contribution is -2.24. The first-order chi connectivity index (χ1) is 9.70. The number of carbonyl (C=O) groups is 1. The van der Waals surface area contributed by atoms with Crippen molar-refractivity contribution in [2.24, 2.45) is 5.73 Å². The zero-order chi connectivity index (χ0) is 14.4. The first-order valence-electron chi connectivity index (χ1n) is 6.55. The summed E-state index contributed by atoms with van der Waals surface area (Å²) in [6.07, 6.45) is 0.683. The summed E-state index contributed by atoms with van der Waals surface area (Å²) in [5, 5.41) is 12.1. The largest absolute Gasteiger partial charge is 0.508 e. The molecule has 0 aliphatic rings. The van der Waals surface area contributed by atoms with Gasteiger partial charge in [0.05, 0.1) is 0 Å². The Bertz CT molecular complexity index is 579. The van der Waals surface area contributed by atoms with E-state index in [4.69, 9.17) is 5.73 Å². The predicted molar refractivity (Wildman–Crippen MR) is 78.5 cm³/mol. The van der Waals surface area contributed by atoms with E-state index < -0.39 is 0 Å². The van der Waals surface area contributed by atoms with Crippen LogP contribution in [0.3, 0.4) is 0 Å². The van der Waals surface area contributed by atoms with Gasteiger partial charge in [0.15, 0.2) is 0 Å². The summed E-state index contributed by atoms with van der Waals surface area (Å²) in [6, 6.07) is 14.2. The second-order valence-electron chi connectivity index (χ2n) is 4.54. The number of aromatic hydroxyl groups is 1. The van der Waals surface area contributed by atoms with Gasteiger partial charge in [0.1, 0.15) is 5.75 Å². The Morgan fingerprint density at radius 1 is 1.10 bits per heavy atom. The molecule has 4 N–H and O–H groups in total. The number of rotatable bonds is 5. The first kappa shape index (κ1) is 14.1. The highest BCUT2D eigenvalue weighted by atomic mass is 16.3. The Kier molecular flexibility index (Phi) is 4.74. The first-order valence-corrected chi connectivity index (χ1v) is 6.55. The minimum atomic E-state index is -0.109. The molecule has 0 aromatic heterocycles. The number of hydrogen-bond acceptors (Lipinski definition) is 3. The van der Waals surface area contributed by atoms with Gasteiger partial charge in [0.2, 0.25) is 0 Å². The predicted octanol–water partition coefficient (Wildman–Crippen LogP) is 1.82. The van der Waals surface area contributed by atoms with Crippen LogP contribution in [0.4, 0.5) is 0 Å². The van der Waals surface area contributed by atoms with Gasteiger partial charge < -0.3 is 16.2 Å². The van der Waals surface area contributed by atoms with Crippen LogP contribution in [0.1, 0.15) is 21.5 Å². The Hall–Kier alpha value is -2.33. The van der Waals surface area contributed by atoms with E-state index in [0.29, 0.717) is 25.1 Å². The van der Waals surface area contributed by atoms with E-state index in [0.717, 1.165) is 11.1 Å². The van der Waals surface area contributed by atoms with E-state index >= 15 is 0 Å². The molecule has 0 bridgehead atoms. The molecule has 0 heterocycles. The molecule has 4 nitrogen and oxygen atoms in total. The van der Waals surface area contributed by atoms with Crippen LogP contribution in [0.2, 0.25) is 0 Å². The second-order valence-corrected chi connectivity index (χ2v) is 4.54. The number of phenols is 1. The third-order valence-corrected chi connectivity index (χ3v) is 3.07. The van der Waals surface area contributed by atoms with Crippen LogP contribution in [0.15, 0.2) is 48.5 Å². The standard InChI is InChI=1S/C16H18N2O2/c17-10-9-13-3-1-2-4-15(13)16(20)18-11-12-5-7-14(19)8-6-12/h1-8,19H,9-11,17H2,(H,18,20). The van der Waals surface area contributed by atoms with Crippen molar-refractivity contribution < 1.29 is 9.90 Å². The number of nitrogens with two attached hydrogens (primary N) is 1. The number of amides is 1. The van der Waals surface area contributed by atoms with Crippen molar-refractivity contribution in [1.82, 2.24) is 5.32 Å². The smallest absolute Gasteiger partial charge is 0.251 e. The molecule has 0 fully saturated rings. The molecule has 4 heteroatoms. The number of nitrogens with one attached hydrogen (secondary N) is 1. The lowest BCUT2D eigenvalue weighted by Gasteiger charge is -2.09. The van der Waals surface area contributed by atoms with Crippen molar-refractivity contribution >= 4 is 5.91 Å². The van der Waals surface area contributed by atoms with Gasteiger partial charge in [-0.1, -0.05) is 30.3 Å². The molecule has 0 unspecified atom stereocenters. The Labute approximate surface area is 118 Å². The average Bonchev–Trinajstić information content (AvgIpc) is 2.47. The van der Waals surface area contributed by atoms with Crippen molar-refractivity contribution in [1.29, 1.82) is 0 Å². The topological polar surface area (TPSA) is 75.4 Å². The normalized spacial score (nSPS) is 10.2. The minimum Gasteiger partial charge on any atom is -0.508 e. The summed E-state index contributed by atoms with van der Waals surface area (Å²) in [5.41, 5.74) is 8.11. The molecule has 2 rings (SSSR count). The maximum atomic E-state index is 12.2. The van der Waals surface area contributed by atoms with Gasteiger partial charge in [-0.15, -0.1) is 0 Å². The molecule has 104 valence electrons. The SMILES string of the molecule is NCCc1ccccc1C(=O)NCc1ccc(O)cc1. The minimum absolute atomic E-state index is 0.109. The van der Waals surface area contributed by atoms with E-state index in [1.807, 2.05) is 18.2 Å². The number of phenolic OH excluding ortho intramolecular Hbond substituents is 1. The van der Waals surface area contributed by atoms with Crippen LogP contribution in [0.25, 0.3) is 0 Å². The molecule has 0 saturated carbocycles. The van der Waals surface area contributed by atoms with Crippen molar-refractivity contribution in [2.45, 2.75) is 13.0 Å². The van der Waals surface area contributed by atoms with E-state index in [9.17, 15) is 9.90 Å². The van der Waals surface area contributed by atoms with E-state index in [1.54, 1.807) is 30.3 Å². The molecule has 0 spiro atoms. The Morgan fingerprint density at radius 2 is 1.80 bits per heavy atom. The zero-order valence-electron chi connectivity index (χ0n) is 11.2. The van der Waals surface area contributed by atoms with Crippen LogP contribution in [0.5, 0.6) is 5.75 Å². The number of carbonyl (C=O) groups excluding carboxylic acids is 1. The second kappa shape index (κ2) is 6.73. The molecule has 1 amide bonds. The van der Waals surface area contributed by atoms with Gasteiger partial charge in [0.25, 0.3) is 5.91 Å². The fourth-order valence-corrected chi connectivity index (χ4v) is 2.01. The average molecular weight is 270 g/mol. The van der Waals surface area contributed by atoms with Crippen LogP contribution < -0.4 is 11.1 Å². The zero-order valence-corrected chi connectivity index (χ0v) is 11.2. The van der Waals surface area contributed by atoms with Gasteiger partial charge in [-0.05, 0) is 42.3 Å². The molecular weight excluding hydrogens is 252 g/mol. The van der Waals surface area contributed by atoms with E-state index in [-0.39, 0.29) is 11.7 Å². The third-order valence-electron chi connectivity index (χ3n) is 3.07. The molecule has 0 atom stereocenters. The van der Waals surface area contributed by atoms with Crippen molar-refractivity contribution in [3.05, 3.63) is 65.2 Å². The van der Waals surface area contributed by atoms with E-state index in [1.165, 1.54) is 0 Å². The number of benzene rings is 2. The van der Waals surface area contributed by atoms with Crippen molar-refractivity contribution in [2.75, 3.05) is 6.54 Å². The summed E-state index contributed by atoms with van der Waals surface area (Å²) in [6.45, 7) is 0.943. The fourth-order valence-electron chi connectivity index (χ4n) is 2.01. The molecule has 20 heavy (non-hydrogen) atoms. The highest BCUT2D eigenvalue weighted by molar-refractivity contribution is 5.95. The molecular formula is C16H18N2O2. The lowest BCUT2D eigenvalue weighted by molar-refractivity contribution is 0.0950. The molecule has 0 aliphatic heterocycles. The van der Waals surface area contributed by atoms with Crippen LogP contribution in [-0.4, -0.2) is 17.6 Å². The highest BCUT2D eigenvalue weighted by Gasteiger charge is 2.09. The molecule has 0 aliphatic carbocycles. The molecule has 0 saturated heterocycles.